The Hall–Kier alpha value is -1.88. The summed E-state index contributed by atoms with van der Waals surface area (Å²) in [6.45, 7) is 2.50. The van der Waals surface area contributed by atoms with Gasteiger partial charge in [-0.2, -0.15) is 0 Å². The Labute approximate surface area is 182 Å². The highest BCUT2D eigenvalue weighted by atomic mass is 35.5. The maximum atomic E-state index is 13.6. The molecule has 1 aliphatic carbocycles. The Bertz CT molecular complexity index is 1070. The predicted octanol–water partition coefficient (Wildman–Crippen LogP) is 5.15. The van der Waals surface area contributed by atoms with Gasteiger partial charge in [0, 0.05) is 41.1 Å². The van der Waals surface area contributed by atoms with E-state index >= 15 is 0 Å². The zero-order valence-electron chi connectivity index (χ0n) is 17.4. The van der Waals surface area contributed by atoms with Gasteiger partial charge in [-0.25, -0.2) is 4.39 Å². The zero-order chi connectivity index (χ0) is 20.9. The second-order valence-corrected chi connectivity index (χ2v) is 9.47. The molecule has 0 spiro atoms. The average molecular weight is 427 g/mol. The largest absolute Gasteiger partial charge is 0.383 e. The number of aliphatic hydroxyl groups is 1. The number of benzene rings is 2. The molecule has 2 aliphatic rings. The van der Waals surface area contributed by atoms with Gasteiger partial charge in [0.15, 0.2) is 0 Å². The third-order valence-electron chi connectivity index (χ3n) is 7.25. The molecule has 158 valence electrons. The second kappa shape index (κ2) is 7.67. The highest BCUT2D eigenvalue weighted by Gasteiger charge is 2.43. The van der Waals surface area contributed by atoms with Crippen LogP contribution in [0.25, 0.3) is 10.9 Å². The molecule has 0 bridgehead atoms. The van der Waals surface area contributed by atoms with Crippen LogP contribution in [0, 0.1) is 11.7 Å². The first kappa shape index (κ1) is 20.0. The summed E-state index contributed by atoms with van der Waals surface area (Å²) in [7, 11) is 2.16. The number of halogens is 2. The summed E-state index contributed by atoms with van der Waals surface area (Å²) >= 11 is 6.36. The summed E-state index contributed by atoms with van der Waals surface area (Å²) < 4.78 is 15.9. The Kier molecular flexibility index (Phi) is 5.12. The van der Waals surface area contributed by atoms with E-state index in [-0.39, 0.29) is 11.7 Å². The van der Waals surface area contributed by atoms with E-state index in [1.807, 2.05) is 6.07 Å². The molecule has 3 nitrogen and oxygen atoms in total. The van der Waals surface area contributed by atoms with Crippen molar-refractivity contribution in [2.45, 2.75) is 44.2 Å². The van der Waals surface area contributed by atoms with Crippen LogP contribution in [0.15, 0.2) is 42.5 Å². The smallest absolute Gasteiger partial charge is 0.123 e. The van der Waals surface area contributed by atoms with Gasteiger partial charge in [0.05, 0.1) is 6.54 Å². The van der Waals surface area contributed by atoms with E-state index in [9.17, 15) is 9.50 Å². The number of hydrogen-bond acceptors (Lipinski definition) is 2. The van der Waals surface area contributed by atoms with Crippen molar-refractivity contribution < 1.29 is 9.50 Å². The maximum Gasteiger partial charge on any atom is 0.123 e. The van der Waals surface area contributed by atoms with Gasteiger partial charge in [0.25, 0.3) is 0 Å². The van der Waals surface area contributed by atoms with Crippen LogP contribution >= 0.6 is 11.6 Å². The van der Waals surface area contributed by atoms with Crippen molar-refractivity contribution in [3.05, 3.63) is 70.1 Å². The summed E-state index contributed by atoms with van der Waals surface area (Å²) in [4.78, 5) is 2.36. The number of fused-ring (bicyclic) bond motifs is 3. The fourth-order valence-corrected chi connectivity index (χ4v) is 5.40. The molecule has 30 heavy (non-hydrogen) atoms. The Morgan fingerprint density at radius 3 is 2.53 bits per heavy atom. The summed E-state index contributed by atoms with van der Waals surface area (Å²) in [5, 5.41) is 14.0. The quantitative estimate of drug-likeness (QED) is 0.624. The van der Waals surface area contributed by atoms with Crippen LogP contribution in [-0.2, 0) is 25.0 Å². The molecular weight excluding hydrogens is 399 g/mol. The summed E-state index contributed by atoms with van der Waals surface area (Å²) in [6, 6.07) is 12.5. The molecule has 5 rings (SSSR count). The summed E-state index contributed by atoms with van der Waals surface area (Å²) in [5.41, 5.74) is 3.59. The van der Waals surface area contributed by atoms with Gasteiger partial charge >= 0.3 is 0 Å². The molecule has 0 saturated heterocycles. The SMILES string of the molecule is CN1CCc2c(n(CC(O)(c3ccc(F)cc3)C3CCC3)c3ccc(Cl)cc23)CC1. The lowest BCUT2D eigenvalue weighted by Crippen LogP contribution is -2.43. The van der Waals surface area contributed by atoms with Gasteiger partial charge in [-0.1, -0.05) is 30.2 Å². The third-order valence-corrected chi connectivity index (χ3v) is 7.48. The Balaban J connectivity index is 1.65. The normalized spacial score (nSPS) is 19.9. The highest BCUT2D eigenvalue weighted by Crippen LogP contribution is 2.45. The number of aromatic nitrogens is 1. The van der Waals surface area contributed by atoms with Crippen molar-refractivity contribution in [3.8, 4) is 0 Å². The van der Waals surface area contributed by atoms with Gasteiger partial charge in [-0.15, -0.1) is 0 Å². The van der Waals surface area contributed by atoms with Crippen LogP contribution in [0.3, 0.4) is 0 Å². The molecule has 1 unspecified atom stereocenters. The van der Waals surface area contributed by atoms with Gasteiger partial charge < -0.3 is 14.6 Å². The Morgan fingerprint density at radius 2 is 1.83 bits per heavy atom. The first-order chi connectivity index (χ1) is 14.5. The van der Waals surface area contributed by atoms with Crippen LogP contribution in [-0.4, -0.2) is 34.7 Å². The lowest BCUT2D eigenvalue weighted by Gasteiger charge is -2.42. The van der Waals surface area contributed by atoms with Crippen LogP contribution in [0.5, 0.6) is 0 Å². The minimum absolute atomic E-state index is 0.191. The molecule has 0 radical (unpaired) electrons. The monoisotopic (exact) mass is 426 g/mol. The molecule has 1 atom stereocenters. The van der Waals surface area contributed by atoms with Gasteiger partial charge in [-0.05, 0) is 73.7 Å². The molecule has 1 N–H and O–H groups in total. The summed E-state index contributed by atoms with van der Waals surface area (Å²) in [5.74, 6) is -0.0792. The predicted molar refractivity (Wildman–Crippen MR) is 119 cm³/mol. The van der Waals surface area contributed by atoms with Crippen molar-refractivity contribution in [1.29, 1.82) is 0 Å². The molecule has 2 heterocycles. The van der Waals surface area contributed by atoms with Crippen LogP contribution in [0.2, 0.25) is 5.02 Å². The molecule has 1 fully saturated rings. The molecule has 0 amide bonds. The minimum atomic E-state index is -1.01. The molecule has 2 aromatic carbocycles. The fraction of sp³-hybridized carbons (Fsp3) is 0.440. The van der Waals surface area contributed by atoms with Crippen molar-refractivity contribution in [2.24, 2.45) is 5.92 Å². The van der Waals surface area contributed by atoms with E-state index in [4.69, 9.17) is 11.6 Å². The van der Waals surface area contributed by atoms with E-state index in [0.717, 1.165) is 61.3 Å². The van der Waals surface area contributed by atoms with Gasteiger partial charge in [0.2, 0.25) is 0 Å². The van der Waals surface area contributed by atoms with E-state index in [0.29, 0.717) is 6.54 Å². The molecule has 3 aromatic rings. The van der Waals surface area contributed by atoms with Crippen LogP contribution in [0.1, 0.15) is 36.1 Å². The van der Waals surface area contributed by atoms with Gasteiger partial charge in [-0.3, -0.25) is 0 Å². The van der Waals surface area contributed by atoms with Crippen molar-refractivity contribution >= 4 is 22.5 Å². The third kappa shape index (κ3) is 3.35. The maximum absolute atomic E-state index is 13.6. The van der Waals surface area contributed by atoms with Crippen LogP contribution in [0.4, 0.5) is 4.39 Å². The number of hydrogen-bond donors (Lipinski definition) is 1. The zero-order valence-corrected chi connectivity index (χ0v) is 18.1. The lowest BCUT2D eigenvalue weighted by atomic mass is 9.69. The molecule has 1 aromatic heterocycles. The first-order valence-corrected chi connectivity index (χ1v) is 11.3. The standard InChI is InChI=1S/C25H28ClFN2O/c1-28-13-11-21-22-15-19(26)7-10-23(22)29(24(21)12-14-28)16-25(30,17-3-2-4-17)18-5-8-20(27)9-6-18/h5-10,15,17,30H,2-4,11-14,16H2,1H3. The molecule has 1 saturated carbocycles. The Morgan fingerprint density at radius 1 is 1.10 bits per heavy atom. The topological polar surface area (TPSA) is 28.4 Å². The minimum Gasteiger partial charge on any atom is -0.383 e. The highest BCUT2D eigenvalue weighted by molar-refractivity contribution is 6.31. The van der Waals surface area contributed by atoms with E-state index < -0.39 is 5.60 Å². The lowest BCUT2D eigenvalue weighted by molar-refractivity contribution is -0.0695. The average Bonchev–Trinajstić information content (AvgIpc) is 2.81. The second-order valence-electron chi connectivity index (χ2n) is 9.04. The molecular formula is C25H28ClFN2O. The summed E-state index contributed by atoms with van der Waals surface area (Å²) in [6.07, 6.45) is 5.07. The molecule has 1 aliphatic heterocycles. The number of nitrogens with zero attached hydrogens (tertiary/aromatic N) is 2. The number of likely N-dealkylation sites (N-methyl/N-ethyl adjacent to an activating group) is 1. The fourth-order valence-electron chi connectivity index (χ4n) is 5.23. The van der Waals surface area contributed by atoms with Crippen molar-refractivity contribution in [3.63, 3.8) is 0 Å². The first-order valence-electron chi connectivity index (χ1n) is 10.9. The van der Waals surface area contributed by atoms with Crippen molar-refractivity contribution in [1.82, 2.24) is 9.47 Å². The van der Waals surface area contributed by atoms with Crippen molar-refractivity contribution in [2.75, 3.05) is 20.1 Å². The van der Waals surface area contributed by atoms with Crippen LogP contribution < -0.4 is 0 Å². The van der Waals surface area contributed by atoms with E-state index in [1.165, 1.54) is 28.8 Å². The van der Waals surface area contributed by atoms with E-state index in [2.05, 4.69) is 28.6 Å². The van der Waals surface area contributed by atoms with E-state index in [1.54, 1.807) is 12.1 Å². The molecule has 5 heteroatoms. The number of rotatable bonds is 4. The van der Waals surface area contributed by atoms with Gasteiger partial charge in [0.1, 0.15) is 11.4 Å².